The van der Waals surface area contributed by atoms with Crippen LogP contribution in [0.3, 0.4) is 0 Å². The first-order chi connectivity index (χ1) is 8.79. The van der Waals surface area contributed by atoms with E-state index in [1.165, 1.54) is 18.4 Å². The molecule has 2 nitrogen and oxygen atoms in total. The van der Waals surface area contributed by atoms with Gasteiger partial charge in [0, 0.05) is 18.5 Å². The molecule has 0 heterocycles. The van der Waals surface area contributed by atoms with Crippen molar-refractivity contribution in [2.24, 2.45) is 5.92 Å². The SMILES string of the molecule is C=CCc1ccccc1OCC(C)CNC1CC1. The summed E-state index contributed by atoms with van der Waals surface area (Å²) in [7, 11) is 0. The molecule has 1 aromatic carbocycles. The van der Waals surface area contributed by atoms with E-state index in [0.29, 0.717) is 5.92 Å². The molecule has 98 valence electrons. The lowest BCUT2D eigenvalue weighted by Crippen LogP contribution is -2.26. The van der Waals surface area contributed by atoms with Gasteiger partial charge in [0.1, 0.15) is 5.75 Å². The van der Waals surface area contributed by atoms with E-state index in [4.69, 9.17) is 4.74 Å². The Bertz CT molecular complexity index is 384. The van der Waals surface area contributed by atoms with Gasteiger partial charge < -0.3 is 10.1 Å². The summed E-state index contributed by atoms with van der Waals surface area (Å²) < 4.78 is 5.92. The molecule has 0 amide bonds. The average molecular weight is 245 g/mol. The van der Waals surface area contributed by atoms with Crippen molar-refractivity contribution in [1.82, 2.24) is 5.32 Å². The molecular weight excluding hydrogens is 222 g/mol. The maximum absolute atomic E-state index is 5.92. The van der Waals surface area contributed by atoms with E-state index >= 15 is 0 Å². The molecule has 1 aliphatic carbocycles. The summed E-state index contributed by atoms with van der Waals surface area (Å²) in [4.78, 5) is 0. The maximum atomic E-state index is 5.92. The van der Waals surface area contributed by atoms with Crippen molar-refractivity contribution in [3.63, 3.8) is 0 Å². The third-order valence-electron chi connectivity index (χ3n) is 3.19. The van der Waals surface area contributed by atoms with E-state index in [1.807, 2.05) is 24.3 Å². The van der Waals surface area contributed by atoms with Crippen LogP contribution in [0.4, 0.5) is 0 Å². The monoisotopic (exact) mass is 245 g/mol. The van der Waals surface area contributed by atoms with Gasteiger partial charge in [-0.3, -0.25) is 0 Å². The van der Waals surface area contributed by atoms with Crippen LogP contribution < -0.4 is 10.1 Å². The highest BCUT2D eigenvalue weighted by molar-refractivity contribution is 5.34. The van der Waals surface area contributed by atoms with Crippen molar-refractivity contribution in [2.75, 3.05) is 13.2 Å². The van der Waals surface area contributed by atoms with Gasteiger partial charge in [0.15, 0.2) is 0 Å². The molecule has 0 saturated heterocycles. The number of allylic oxidation sites excluding steroid dienone is 1. The van der Waals surface area contributed by atoms with Crippen LogP contribution in [-0.2, 0) is 6.42 Å². The molecule has 0 aliphatic heterocycles. The van der Waals surface area contributed by atoms with Crippen molar-refractivity contribution < 1.29 is 4.74 Å². The Morgan fingerprint density at radius 2 is 2.22 bits per heavy atom. The molecule has 0 spiro atoms. The van der Waals surface area contributed by atoms with Gasteiger partial charge in [-0.1, -0.05) is 31.2 Å². The Kier molecular flexibility index (Phi) is 4.82. The summed E-state index contributed by atoms with van der Waals surface area (Å²) in [5.41, 5.74) is 1.22. The number of nitrogens with one attached hydrogen (secondary N) is 1. The Hall–Kier alpha value is -1.28. The molecule has 0 bridgehead atoms. The van der Waals surface area contributed by atoms with E-state index in [9.17, 15) is 0 Å². The first kappa shape index (κ1) is 13.2. The van der Waals surface area contributed by atoms with Crippen molar-refractivity contribution in [2.45, 2.75) is 32.2 Å². The molecular formula is C16H23NO. The maximum Gasteiger partial charge on any atom is 0.122 e. The second-order valence-electron chi connectivity index (χ2n) is 5.20. The molecule has 1 saturated carbocycles. The predicted octanol–water partition coefficient (Wildman–Crippen LogP) is 3.18. The minimum Gasteiger partial charge on any atom is -0.493 e. The fourth-order valence-electron chi connectivity index (χ4n) is 1.92. The van der Waals surface area contributed by atoms with Crippen LogP contribution in [0.2, 0.25) is 0 Å². The highest BCUT2D eigenvalue weighted by Gasteiger charge is 2.20. The van der Waals surface area contributed by atoms with Crippen LogP contribution >= 0.6 is 0 Å². The van der Waals surface area contributed by atoms with Crippen LogP contribution in [-0.4, -0.2) is 19.2 Å². The second kappa shape index (κ2) is 6.60. The lowest BCUT2D eigenvalue weighted by atomic mass is 10.1. The van der Waals surface area contributed by atoms with Gasteiger partial charge in [-0.15, -0.1) is 6.58 Å². The average Bonchev–Trinajstić information content (AvgIpc) is 3.20. The fourth-order valence-corrected chi connectivity index (χ4v) is 1.92. The summed E-state index contributed by atoms with van der Waals surface area (Å²) in [6.07, 6.45) is 5.47. The molecule has 1 aliphatic rings. The van der Waals surface area contributed by atoms with Gasteiger partial charge in [0.05, 0.1) is 6.61 Å². The number of ether oxygens (including phenoxy) is 1. The Morgan fingerprint density at radius 1 is 1.44 bits per heavy atom. The quantitative estimate of drug-likeness (QED) is 0.710. The number of hydrogen-bond donors (Lipinski definition) is 1. The smallest absolute Gasteiger partial charge is 0.122 e. The predicted molar refractivity (Wildman–Crippen MR) is 76.0 cm³/mol. The van der Waals surface area contributed by atoms with Gasteiger partial charge in [0.25, 0.3) is 0 Å². The topological polar surface area (TPSA) is 21.3 Å². The van der Waals surface area contributed by atoms with Crippen molar-refractivity contribution >= 4 is 0 Å². The summed E-state index contributed by atoms with van der Waals surface area (Å²) in [6, 6.07) is 8.99. The minimum atomic E-state index is 0.544. The molecule has 1 fully saturated rings. The number of benzene rings is 1. The highest BCUT2D eigenvalue weighted by atomic mass is 16.5. The van der Waals surface area contributed by atoms with Gasteiger partial charge in [-0.05, 0) is 30.9 Å². The van der Waals surface area contributed by atoms with Gasteiger partial charge in [0.2, 0.25) is 0 Å². The lowest BCUT2D eigenvalue weighted by Gasteiger charge is -2.15. The molecule has 0 aromatic heterocycles. The lowest BCUT2D eigenvalue weighted by molar-refractivity contribution is 0.253. The molecule has 2 rings (SSSR count). The molecule has 1 aromatic rings. The van der Waals surface area contributed by atoms with E-state index in [1.54, 1.807) is 0 Å². The van der Waals surface area contributed by atoms with Crippen molar-refractivity contribution in [3.05, 3.63) is 42.5 Å². The van der Waals surface area contributed by atoms with Gasteiger partial charge >= 0.3 is 0 Å². The van der Waals surface area contributed by atoms with Crippen LogP contribution in [0.25, 0.3) is 0 Å². The third-order valence-corrected chi connectivity index (χ3v) is 3.19. The molecule has 18 heavy (non-hydrogen) atoms. The van der Waals surface area contributed by atoms with Crippen molar-refractivity contribution in [3.8, 4) is 5.75 Å². The Morgan fingerprint density at radius 3 is 2.94 bits per heavy atom. The molecule has 2 heteroatoms. The Labute approximate surface area is 110 Å². The van der Waals surface area contributed by atoms with Crippen LogP contribution in [0, 0.1) is 5.92 Å². The van der Waals surface area contributed by atoms with Crippen LogP contribution in [0.5, 0.6) is 5.75 Å². The van der Waals surface area contributed by atoms with E-state index in [-0.39, 0.29) is 0 Å². The molecule has 1 atom stereocenters. The zero-order chi connectivity index (χ0) is 12.8. The van der Waals surface area contributed by atoms with E-state index < -0.39 is 0 Å². The first-order valence-corrected chi connectivity index (χ1v) is 6.84. The van der Waals surface area contributed by atoms with Crippen LogP contribution in [0.1, 0.15) is 25.3 Å². The molecule has 1 unspecified atom stereocenters. The number of hydrogen-bond acceptors (Lipinski definition) is 2. The first-order valence-electron chi connectivity index (χ1n) is 6.84. The number of rotatable bonds is 8. The van der Waals surface area contributed by atoms with Gasteiger partial charge in [-0.25, -0.2) is 0 Å². The zero-order valence-electron chi connectivity index (χ0n) is 11.2. The summed E-state index contributed by atoms with van der Waals surface area (Å²) >= 11 is 0. The summed E-state index contributed by atoms with van der Waals surface area (Å²) in [6.45, 7) is 7.83. The molecule has 1 N–H and O–H groups in total. The third kappa shape index (κ3) is 4.19. The van der Waals surface area contributed by atoms with E-state index in [2.05, 4.69) is 24.9 Å². The number of para-hydroxylation sites is 1. The zero-order valence-corrected chi connectivity index (χ0v) is 11.2. The second-order valence-corrected chi connectivity index (χ2v) is 5.20. The standard InChI is InChI=1S/C16H23NO/c1-3-6-14-7-4-5-8-16(14)18-12-13(2)11-17-15-9-10-15/h3-5,7-8,13,15,17H,1,6,9-12H2,2H3. The van der Waals surface area contributed by atoms with Gasteiger partial charge in [-0.2, -0.15) is 0 Å². The van der Waals surface area contributed by atoms with Crippen molar-refractivity contribution in [1.29, 1.82) is 0 Å². The minimum absolute atomic E-state index is 0.544. The molecule has 0 radical (unpaired) electrons. The normalized spacial score (nSPS) is 16.3. The van der Waals surface area contributed by atoms with E-state index in [0.717, 1.165) is 31.4 Å². The summed E-state index contributed by atoms with van der Waals surface area (Å²) in [5.74, 6) is 1.54. The fraction of sp³-hybridized carbons (Fsp3) is 0.500. The van der Waals surface area contributed by atoms with Crippen LogP contribution in [0.15, 0.2) is 36.9 Å². The Balaban J connectivity index is 1.78. The largest absolute Gasteiger partial charge is 0.493 e. The summed E-state index contributed by atoms with van der Waals surface area (Å²) in [5, 5.41) is 3.54. The highest BCUT2D eigenvalue weighted by Crippen LogP contribution is 2.20.